The van der Waals surface area contributed by atoms with E-state index < -0.39 is 0 Å². The molecule has 1 aromatic rings. The summed E-state index contributed by atoms with van der Waals surface area (Å²) in [7, 11) is 0. The van der Waals surface area contributed by atoms with Crippen LogP contribution in [0.1, 0.15) is 41.7 Å². The van der Waals surface area contributed by atoms with Crippen LogP contribution in [0.2, 0.25) is 5.02 Å². The van der Waals surface area contributed by atoms with Gasteiger partial charge in [-0.3, -0.25) is 9.78 Å². The molecule has 3 rings (SSSR count). The summed E-state index contributed by atoms with van der Waals surface area (Å²) in [6.07, 6.45) is 6.40. The number of nitrogens with zero attached hydrogens (tertiary/aromatic N) is 2. The average molecular weight is 265 g/mol. The van der Waals surface area contributed by atoms with Gasteiger partial charge in [0.25, 0.3) is 5.91 Å². The second-order valence-corrected chi connectivity index (χ2v) is 5.84. The van der Waals surface area contributed by atoms with Crippen molar-refractivity contribution in [1.82, 2.24) is 9.88 Å². The highest BCUT2D eigenvalue weighted by molar-refractivity contribution is 6.33. The number of aromatic nitrogens is 1. The fourth-order valence-corrected chi connectivity index (χ4v) is 2.49. The molecular formula is C14H17ClN2O. The zero-order valence-corrected chi connectivity index (χ0v) is 11.3. The molecule has 4 heteroatoms. The number of amides is 1. The largest absolute Gasteiger partial charge is 0.335 e. The molecule has 2 saturated carbocycles. The Morgan fingerprint density at radius 1 is 1.44 bits per heavy atom. The van der Waals surface area contributed by atoms with E-state index in [0.717, 1.165) is 25.1 Å². The van der Waals surface area contributed by atoms with Gasteiger partial charge in [-0.25, -0.2) is 0 Å². The first kappa shape index (κ1) is 12.0. The minimum absolute atomic E-state index is 0.0573. The van der Waals surface area contributed by atoms with Crippen molar-refractivity contribution in [3.63, 3.8) is 0 Å². The van der Waals surface area contributed by atoms with E-state index in [1.54, 1.807) is 12.3 Å². The van der Waals surface area contributed by atoms with Crippen molar-refractivity contribution in [3.05, 3.63) is 28.5 Å². The molecule has 0 N–H and O–H groups in total. The molecule has 0 aromatic carbocycles. The van der Waals surface area contributed by atoms with Crippen LogP contribution in [0.3, 0.4) is 0 Å². The molecule has 18 heavy (non-hydrogen) atoms. The minimum Gasteiger partial charge on any atom is -0.335 e. The van der Waals surface area contributed by atoms with Crippen LogP contribution in [0.15, 0.2) is 12.3 Å². The van der Waals surface area contributed by atoms with Gasteiger partial charge in [0.2, 0.25) is 0 Å². The first-order valence-corrected chi connectivity index (χ1v) is 6.96. The van der Waals surface area contributed by atoms with Gasteiger partial charge in [0, 0.05) is 24.5 Å². The Kier molecular flexibility index (Phi) is 3.02. The Labute approximate surface area is 112 Å². The van der Waals surface area contributed by atoms with E-state index in [1.807, 2.05) is 11.8 Å². The SMILES string of the molecule is Cc1cc(Cl)c(C(=O)N(CC2CC2)C2CC2)cn1. The third kappa shape index (κ3) is 2.51. The van der Waals surface area contributed by atoms with Crippen molar-refractivity contribution in [2.75, 3.05) is 6.54 Å². The molecule has 0 radical (unpaired) electrons. The summed E-state index contributed by atoms with van der Waals surface area (Å²) in [5.74, 6) is 0.772. The van der Waals surface area contributed by atoms with Gasteiger partial charge in [0.05, 0.1) is 10.6 Å². The summed E-state index contributed by atoms with van der Waals surface area (Å²) in [4.78, 5) is 18.7. The summed E-state index contributed by atoms with van der Waals surface area (Å²) in [6.45, 7) is 2.77. The Hall–Kier alpha value is -1.09. The predicted molar refractivity (Wildman–Crippen MR) is 70.8 cm³/mol. The molecule has 2 aliphatic rings. The van der Waals surface area contributed by atoms with E-state index in [1.165, 1.54) is 12.8 Å². The lowest BCUT2D eigenvalue weighted by atomic mass is 10.2. The lowest BCUT2D eigenvalue weighted by molar-refractivity contribution is 0.0734. The van der Waals surface area contributed by atoms with E-state index in [0.29, 0.717) is 22.5 Å². The summed E-state index contributed by atoms with van der Waals surface area (Å²) in [5.41, 5.74) is 1.39. The number of halogens is 1. The van der Waals surface area contributed by atoms with Crippen molar-refractivity contribution in [2.45, 2.75) is 38.6 Å². The van der Waals surface area contributed by atoms with Crippen molar-refractivity contribution in [1.29, 1.82) is 0 Å². The molecule has 0 bridgehead atoms. The van der Waals surface area contributed by atoms with Crippen LogP contribution in [0.4, 0.5) is 0 Å². The average Bonchev–Trinajstić information content (AvgIpc) is 3.18. The fourth-order valence-electron chi connectivity index (χ4n) is 2.20. The predicted octanol–water partition coefficient (Wildman–Crippen LogP) is 3.06. The Morgan fingerprint density at radius 3 is 2.72 bits per heavy atom. The van der Waals surface area contributed by atoms with Gasteiger partial charge in [0.15, 0.2) is 0 Å². The summed E-state index contributed by atoms with van der Waals surface area (Å²) >= 11 is 6.16. The van der Waals surface area contributed by atoms with Crippen LogP contribution in [-0.4, -0.2) is 28.4 Å². The van der Waals surface area contributed by atoms with E-state index in [9.17, 15) is 4.79 Å². The molecule has 0 spiro atoms. The fraction of sp³-hybridized carbons (Fsp3) is 0.571. The molecule has 1 heterocycles. The van der Waals surface area contributed by atoms with Gasteiger partial charge in [0.1, 0.15) is 0 Å². The third-order valence-electron chi connectivity index (χ3n) is 3.62. The topological polar surface area (TPSA) is 33.2 Å². The van der Waals surface area contributed by atoms with Crippen molar-refractivity contribution in [2.24, 2.45) is 5.92 Å². The van der Waals surface area contributed by atoms with Crippen LogP contribution in [-0.2, 0) is 0 Å². The number of hydrogen-bond donors (Lipinski definition) is 0. The van der Waals surface area contributed by atoms with Gasteiger partial charge < -0.3 is 4.90 Å². The summed E-state index contributed by atoms with van der Waals surface area (Å²) in [6, 6.07) is 2.20. The van der Waals surface area contributed by atoms with E-state index in [2.05, 4.69) is 4.98 Å². The molecular weight excluding hydrogens is 248 g/mol. The molecule has 2 aliphatic carbocycles. The molecule has 0 atom stereocenters. The van der Waals surface area contributed by atoms with Crippen LogP contribution in [0, 0.1) is 12.8 Å². The highest BCUT2D eigenvalue weighted by atomic mass is 35.5. The quantitative estimate of drug-likeness (QED) is 0.837. The van der Waals surface area contributed by atoms with Crippen LogP contribution in [0.5, 0.6) is 0 Å². The molecule has 1 aromatic heterocycles. The second-order valence-electron chi connectivity index (χ2n) is 5.44. The Morgan fingerprint density at radius 2 is 2.17 bits per heavy atom. The van der Waals surface area contributed by atoms with Gasteiger partial charge in [-0.2, -0.15) is 0 Å². The number of pyridine rings is 1. The van der Waals surface area contributed by atoms with Crippen molar-refractivity contribution >= 4 is 17.5 Å². The lowest BCUT2D eigenvalue weighted by Crippen LogP contribution is -2.35. The standard InChI is InChI=1S/C14H17ClN2O/c1-9-6-13(15)12(7-16-9)14(18)17(11-4-5-11)8-10-2-3-10/h6-7,10-11H,2-5,8H2,1H3. The second kappa shape index (κ2) is 4.54. The first-order valence-electron chi connectivity index (χ1n) is 6.58. The Balaban J connectivity index is 1.81. The van der Waals surface area contributed by atoms with Crippen molar-refractivity contribution < 1.29 is 4.79 Å². The Bertz CT molecular complexity index is 481. The lowest BCUT2D eigenvalue weighted by Gasteiger charge is -2.22. The van der Waals surface area contributed by atoms with E-state index >= 15 is 0 Å². The maximum absolute atomic E-state index is 12.5. The summed E-state index contributed by atoms with van der Waals surface area (Å²) < 4.78 is 0. The number of carbonyl (C=O) groups is 1. The maximum atomic E-state index is 12.5. The monoisotopic (exact) mass is 264 g/mol. The number of carbonyl (C=O) groups excluding carboxylic acids is 1. The highest BCUT2D eigenvalue weighted by Crippen LogP contribution is 2.36. The number of aryl methyl sites for hydroxylation is 1. The molecule has 1 amide bonds. The van der Waals surface area contributed by atoms with E-state index in [4.69, 9.17) is 11.6 Å². The molecule has 0 aliphatic heterocycles. The molecule has 0 saturated heterocycles. The zero-order chi connectivity index (χ0) is 12.7. The maximum Gasteiger partial charge on any atom is 0.257 e. The normalized spacial score (nSPS) is 18.8. The third-order valence-corrected chi connectivity index (χ3v) is 3.93. The molecule has 2 fully saturated rings. The van der Waals surface area contributed by atoms with Crippen LogP contribution in [0.25, 0.3) is 0 Å². The van der Waals surface area contributed by atoms with Gasteiger partial charge >= 0.3 is 0 Å². The summed E-state index contributed by atoms with van der Waals surface area (Å²) in [5, 5.41) is 0.522. The van der Waals surface area contributed by atoms with Crippen LogP contribution < -0.4 is 0 Å². The van der Waals surface area contributed by atoms with Gasteiger partial charge in [-0.15, -0.1) is 0 Å². The van der Waals surface area contributed by atoms with Crippen molar-refractivity contribution in [3.8, 4) is 0 Å². The first-order chi connectivity index (χ1) is 8.65. The molecule has 3 nitrogen and oxygen atoms in total. The smallest absolute Gasteiger partial charge is 0.257 e. The molecule has 0 unspecified atom stereocenters. The zero-order valence-electron chi connectivity index (χ0n) is 10.5. The van der Waals surface area contributed by atoms with Crippen LogP contribution >= 0.6 is 11.6 Å². The molecule has 96 valence electrons. The number of rotatable bonds is 4. The van der Waals surface area contributed by atoms with Gasteiger partial charge in [-0.05, 0) is 44.6 Å². The minimum atomic E-state index is 0.0573. The highest BCUT2D eigenvalue weighted by Gasteiger charge is 2.37. The number of hydrogen-bond acceptors (Lipinski definition) is 2. The van der Waals surface area contributed by atoms with Gasteiger partial charge in [-0.1, -0.05) is 11.6 Å². The van der Waals surface area contributed by atoms with E-state index in [-0.39, 0.29) is 5.91 Å².